The molecule has 0 amide bonds. The second kappa shape index (κ2) is 6.74. The van der Waals surface area contributed by atoms with Crippen molar-refractivity contribution in [3.63, 3.8) is 0 Å². The van der Waals surface area contributed by atoms with Crippen LogP contribution in [0.15, 0.2) is 0 Å². The van der Waals surface area contributed by atoms with Gasteiger partial charge in [0.1, 0.15) is 10.7 Å². The summed E-state index contributed by atoms with van der Waals surface area (Å²) in [5, 5.41) is 8.64. The van der Waals surface area contributed by atoms with E-state index in [0.717, 1.165) is 36.8 Å². The van der Waals surface area contributed by atoms with E-state index in [9.17, 15) is 0 Å². The molecule has 0 bridgehead atoms. The molecule has 1 N–H and O–H groups in total. The molecule has 0 spiro atoms. The van der Waals surface area contributed by atoms with Gasteiger partial charge >= 0.3 is 0 Å². The van der Waals surface area contributed by atoms with E-state index in [1.54, 1.807) is 0 Å². The molecule has 1 aromatic rings. The fraction of sp³-hybridized carbons (Fsp3) is 0.800. The molecule has 0 radical (unpaired) electrons. The van der Waals surface area contributed by atoms with Gasteiger partial charge in [-0.2, -0.15) is 0 Å². The Morgan fingerprint density at radius 2 is 2.13 bits per heavy atom. The van der Waals surface area contributed by atoms with Crippen molar-refractivity contribution in [2.75, 3.05) is 25.5 Å². The third kappa shape index (κ3) is 4.13. The first-order valence-corrected chi connectivity index (χ1v) is 6.28. The van der Waals surface area contributed by atoms with Crippen molar-refractivity contribution in [2.24, 2.45) is 0 Å². The molecule has 0 atom stereocenters. The van der Waals surface area contributed by atoms with Crippen LogP contribution in [-0.2, 0) is 6.54 Å². The van der Waals surface area contributed by atoms with Crippen molar-refractivity contribution in [1.29, 1.82) is 0 Å². The molecule has 15 heavy (non-hydrogen) atoms. The highest BCUT2D eigenvalue weighted by atomic mass is 32.1. The van der Waals surface area contributed by atoms with Gasteiger partial charge in [0.15, 0.2) is 0 Å². The van der Waals surface area contributed by atoms with E-state index in [4.69, 9.17) is 0 Å². The summed E-state index contributed by atoms with van der Waals surface area (Å²) in [5.41, 5.74) is 1.07. The average molecular weight is 228 g/mol. The molecule has 5 heteroatoms. The molecule has 0 saturated carbocycles. The Labute approximate surface area is 95.8 Å². The lowest BCUT2D eigenvalue weighted by Crippen LogP contribution is -2.19. The Morgan fingerprint density at radius 3 is 2.80 bits per heavy atom. The van der Waals surface area contributed by atoms with Gasteiger partial charge in [0.05, 0.1) is 0 Å². The third-order valence-corrected chi connectivity index (χ3v) is 2.84. The summed E-state index contributed by atoms with van der Waals surface area (Å²) in [5.74, 6) is 0. The van der Waals surface area contributed by atoms with Crippen molar-refractivity contribution >= 4 is 16.5 Å². The normalized spacial score (nSPS) is 10.9. The second-order valence-electron chi connectivity index (χ2n) is 3.71. The molecule has 1 aromatic heterocycles. The zero-order valence-corrected chi connectivity index (χ0v) is 10.6. The van der Waals surface area contributed by atoms with Crippen LogP contribution in [0.3, 0.4) is 0 Å². The van der Waals surface area contributed by atoms with E-state index in [2.05, 4.69) is 40.7 Å². The van der Waals surface area contributed by atoms with Gasteiger partial charge in [-0.3, -0.25) is 0 Å². The van der Waals surface area contributed by atoms with Crippen molar-refractivity contribution in [2.45, 2.75) is 33.2 Å². The summed E-state index contributed by atoms with van der Waals surface area (Å²) in [6, 6.07) is 0. The highest BCUT2D eigenvalue weighted by Crippen LogP contribution is 2.18. The maximum absolute atomic E-state index is 4.16. The van der Waals surface area contributed by atoms with Crippen LogP contribution < -0.4 is 5.32 Å². The number of hydrogen-bond acceptors (Lipinski definition) is 5. The number of hydrogen-bond donors (Lipinski definition) is 1. The molecule has 0 saturated heterocycles. The average Bonchev–Trinajstić information content (AvgIpc) is 2.63. The minimum absolute atomic E-state index is 0.885. The molecule has 4 nitrogen and oxygen atoms in total. The van der Waals surface area contributed by atoms with Crippen molar-refractivity contribution in [3.05, 3.63) is 5.69 Å². The summed E-state index contributed by atoms with van der Waals surface area (Å²) < 4.78 is 3.99. The first-order chi connectivity index (χ1) is 7.27. The van der Waals surface area contributed by atoms with Gasteiger partial charge in [-0.25, -0.2) is 0 Å². The maximum atomic E-state index is 4.16. The number of anilines is 1. The monoisotopic (exact) mass is 228 g/mol. The van der Waals surface area contributed by atoms with Crippen LogP contribution in [0.4, 0.5) is 5.00 Å². The lowest BCUT2D eigenvalue weighted by molar-refractivity contribution is 0.324. The Bertz CT molecular complexity index is 274. The number of nitrogens with zero attached hydrogens (tertiary/aromatic N) is 3. The minimum Gasteiger partial charge on any atom is -0.374 e. The van der Waals surface area contributed by atoms with Crippen LogP contribution in [-0.4, -0.2) is 34.6 Å². The molecule has 0 aliphatic heterocycles. The highest BCUT2D eigenvalue weighted by Gasteiger charge is 2.09. The van der Waals surface area contributed by atoms with E-state index in [1.165, 1.54) is 18.0 Å². The quantitative estimate of drug-likeness (QED) is 0.777. The smallest absolute Gasteiger partial charge is 0.134 e. The van der Waals surface area contributed by atoms with Gasteiger partial charge in [-0.05, 0) is 26.4 Å². The van der Waals surface area contributed by atoms with Crippen LogP contribution in [0.5, 0.6) is 0 Å². The first-order valence-electron chi connectivity index (χ1n) is 5.51. The number of nitrogens with one attached hydrogen (secondary N) is 1. The topological polar surface area (TPSA) is 41.1 Å². The maximum Gasteiger partial charge on any atom is 0.134 e. The van der Waals surface area contributed by atoms with Crippen LogP contribution in [0, 0.1) is 0 Å². The van der Waals surface area contributed by atoms with Crippen molar-refractivity contribution < 1.29 is 0 Å². The fourth-order valence-corrected chi connectivity index (χ4v) is 2.00. The minimum atomic E-state index is 0.885. The van der Waals surface area contributed by atoms with Crippen LogP contribution in [0.1, 0.15) is 32.4 Å². The zero-order valence-electron chi connectivity index (χ0n) is 9.79. The molecular formula is C10H20N4S. The fourth-order valence-electron chi connectivity index (χ4n) is 1.40. The molecule has 0 aliphatic rings. The van der Waals surface area contributed by atoms with E-state index in [-0.39, 0.29) is 0 Å². The van der Waals surface area contributed by atoms with E-state index in [0.29, 0.717) is 0 Å². The summed E-state index contributed by atoms with van der Waals surface area (Å²) in [6.07, 6.45) is 2.30. The van der Waals surface area contributed by atoms with Gasteiger partial charge in [-0.1, -0.05) is 18.3 Å². The van der Waals surface area contributed by atoms with Crippen LogP contribution >= 0.6 is 11.5 Å². The first kappa shape index (κ1) is 12.4. The molecule has 0 aliphatic carbocycles. The molecular weight excluding hydrogens is 208 g/mol. The van der Waals surface area contributed by atoms with Crippen LogP contribution in [0.2, 0.25) is 0 Å². The molecule has 1 rings (SSSR count). The predicted molar refractivity (Wildman–Crippen MR) is 65.3 cm³/mol. The zero-order chi connectivity index (χ0) is 11.1. The SMILES string of the molecule is CCCNc1snnc1CN(C)CCC. The number of aromatic nitrogens is 2. The molecule has 0 unspecified atom stereocenters. The Hall–Kier alpha value is -0.680. The summed E-state index contributed by atoms with van der Waals surface area (Å²) >= 11 is 1.45. The Morgan fingerprint density at radius 1 is 1.33 bits per heavy atom. The lowest BCUT2D eigenvalue weighted by Gasteiger charge is -2.14. The summed E-state index contributed by atoms with van der Waals surface area (Å²) in [6.45, 7) is 7.33. The highest BCUT2D eigenvalue weighted by molar-refractivity contribution is 7.10. The van der Waals surface area contributed by atoms with Gasteiger partial charge in [0, 0.05) is 24.6 Å². The summed E-state index contributed by atoms with van der Waals surface area (Å²) in [4.78, 5) is 2.27. The number of rotatable bonds is 7. The van der Waals surface area contributed by atoms with E-state index >= 15 is 0 Å². The molecule has 86 valence electrons. The standard InChI is InChI=1S/C10H20N4S/c1-4-6-11-10-9(12-13-15-10)8-14(3)7-5-2/h11H,4-8H2,1-3H3. The third-order valence-electron chi connectivity index (χ3n) is 2.12. The largest absolute Gasteiger partial charge is 0.374 e. The predicted octanol–water partition coefficient (Wildman–Crippen LogP) is 2.20. The molecule has 1 heterocycles. The summed E-state index contributed by atoms with van der Waals surface area (Å²) in [7, 11) is 2.12. The molecule has 0 fully saturated rings. The second-order valence-corrected chi connectivity index (χ2v) is 4.47. The van der Waals surface area contributed by atoms with Crippen molar-refractivity contribution in [3.8, 4) is 0 Å². The van der Waals surface area contributed by atoms with Crippen LogP contribution in [0.25, 0.3) is 0 Å². The van der Waals surface area contributed by atoms with Gasteiger partial charge in [0.2, 0.25) is 0 Å². The van der Waals surface area contributed by atoms with Gasteiger partial charge < -0.3 is 10.2 Å². The Balaban J connectivity index is 2.48. The van der Waals surface area contributed by atoms with Crippen molar-refractivity contribution in [1.82, 2.24) is 14.5 Å². The lowest BCUT2D eigenvalue weighted by atomic mass is 10.3. The van der Waals surface area contributed by atoms with Gasteiger partial charge in [-0.15, -0.1) is 5.10 Å². The van der Waals surface area contributed by atoms with E-state index in [1.807, 2.05) is 0 Å². The Kier molecular flexibility index (Phi) is 5.57. The van der Waals surface area contributed by atoms with Gasteiger partial charge in [0.25, 0.3) is 0 Å². The molecule has 0 aromatic carbocycles. The van der Waals surface area contributed by atoms with E-state index < -0.39 is 0 Å².